The van der Waals surface area contributed by atoms with Gasteiger partial charge < -0.3 is 0 Å². The number of sulfonamides is 1. The second-order valence-corrected chi connectivity index (χ2v) is 8.01. The van der Waals surface area contributed by atoms with Gasteiger partial charge in [-0.3, -0.25) is 0 Å². The molecule has 1 aromatic carbocycles. The highest BCUT2D eigenvalue weighted by molar-refractivity contribution is 7.89. The van der Waals surface area contributed by atoms with Gasteiger partial charge in [-0.1, -0.05) is 32.0 Å². The summed E-state index contributed by atoms with van der Waals surface area (Å²) in [5.74, 6) is 0. The van der Waals surface area contributed by atoms with Crippen LogP contribution in [0, 0.1) is 12.3 Å². The van der Waals surface area contributed by atoms with Gasteiger partial charge in [0.2, 0.25) is 10.0 Å². The molecule has 0 radical (unpaired) electrons. The summed E-state index contributed by atoms with van der Waals surface area (Å²) in [4.78, 5) is 0.403. The molecule has 0 aliphatic heterocycles. The molecule has 0 aromatic heterocycles. The molecule has 1 N–H and O–H groups in total. The SMILES string of the molecule is Cc1ccccc1S(=O)(=O)NC1CCC(C)(C)CC1. The number of nitrogens with one attached hydrogen (secondary N) is 1. The van der Waals surface area contributed by atoms with Gasteiger partial charge in [-0.25, -0.2) is 13.1 Å². The average molecular weight is 281 g/mol. The lowest BCUT2D eigenvalue weighted by molar-refractivity contribution is 0.218. The van der Waals surface area contributed by atoms with Gasteiger partial charge in [0.1, 0.15) is 0 Å². The average Bonchev–Trinajstić information content (AvgIpc) is 2.32. The van der Waals surface area contributed by atoms with Crippen LogP contribution in [-0.4, -0.2) is 14.5 Å². The highest BCUT2D eigenvalue weighted by Crippen LogP contribution is 2.35. The van der Waals surface area contributed by atoms with Gasteiger partial charge in [0.25, 0.3) is 0 Å². The molecular formula is C15H23NO2S. The van der Waals surface area contributed by atoms with Crippen molar-refractivity contribution >= 4 is 10.0 Å². The highest BCUT2D eigenvalue weighted by atomic mass is 32.2. The lowest BCUT2D eigenvalue weighted by atomic mass is 9.76. The Morgan fingerprint density at radius 2 is 1.74 bits per heavy atom. The first-order valence-electron chi connectivity index (χ1n) is 6.88. The maximum atomic E-state index is 12.4. The zero-order valence-corrected chi connectivity index (χ0v) is 12.8. The van der Waals surface area contributed by atoms with E-state index >= 15 is 0 Å². The monoisotopic (exact) mass is 281 g/mol. The standard InChI is InChI=1S/C15H23NO2S/c1-12-6-4-5-7-14(12)19(17,18)16-13-8-10-15(2,3)11-9-13/h4-7,13,16H,8-11H2,1-3H3. The van der Waals surface area contributed by atoms with Gasteiger partial charge >= 0.3 is 0 Å². The number of rotatable bonds is 3. The third-order valence-corrected chi connectivity index (χ3v) is 5.72. The third-order valence-electron chi connectivity index (χ3n) is 4.04. The van der Waals surface area contributed by atoms with Gasteiger partial charge in [-0.2, -0.15) is 0 Å². The minimum absolute atomic E-state index is 0.0811. The summed E-state index contributed by atoms with van der Waals surface area (Å²) in [7, 11) is -3.38. The summed E-state index contributed by atoms with van der Waals surface area (Å²) < 4.78 is 27.6. The van der Waals surface area contributed by atoms with E-state index in [0.717, 1.165) is 31.2 Å². The zero-order valence-electron chi connectivity index (χ0n) is 11.9. The Hall–Kier alpha value is -0.870. The molecule has 1 aliphatic carbocycles. The van der Waals surface area contributed by atoms with Crippen molar-refractivity contribution in [2.45, 2.75) is 57.4 Å². The summed E-state index contributed by atoms with van der Waals surface area (Å²) in [6.07, 6.45) is 4.01. The molecule has 1 aliphatic rings. The predicted octanol–water partition coefficient (Wildman–Crippen LogP) is 3.24. The Labute approximate surface area is 116 Å². The van der Waals surface area contributed by atoms with E-state index in [1.54, 1.807) is 12.1 Å². The van der Waals surface area contributed by atoms with E-state index in [4.69, 9.17) is 0 Å². The summed E-state index contributed by atoms with van der Waals surface area (Å²) >= 11 is 0. The van der Waals surface area contributed by atoms with Gasteiger partial charge in [0, 0.05) is 6.04 Å². The van der Waals surface area contributed by atoms with E-state index in [1.165, 1.54) is 0 Å². The Morgan fingerprint density at radius 3 is 2.32 bits per heavy atom. The van der Waals surface area contributed by atoms with Crippen LogP contribution in [0.5, 0.6) is 0 Å². The first kappa shape index (κ1) is 14.5. The largest absolute Gasteiger partial charge is 0.241 e. The van der Waals surface area contributed by atoms with Crippen molar-refractivity contribution in [2.24, 2.45) is 5.41 Å². The topological polar surface area (TPSA) is 46.2 Å². The minimum atomic E-state index is -3.38. The highest BCUT2D eigenvalue weighted by Gasteiger charge is 2.29. The van der Waals surface area contributed by atoms with Crippen LogP contribution in [-0.2, 0) is 10.0 Å². The number of hydrogen-bond acceptors (Lipinski definition) is 2. The minimum Gasteiger partial charge on any atom is -0.208 e. The van der Waals surface area contributed by atoms with E-state index < -0.39 is 10.0 Å². The Bertz CT molecular complexity index is 539. The van der Waals surface area contributed by atoms with Crippen molar-refractivity contribution in [3.05, 3.63) is 29.8 Å². The third kappa shape index (κ3) is 3.57. The fourth-order valence-electron chi connectivity index (χ4n) is 2.66. The van der Waals surface area contributed by atoms with Crippen molar-refractivity contribution in [2.75, 3.05) is 0 Å². The molecule has 2 rings (SSSR count). The molecule has 0 heterocycles. The van der Waals surface area contributed by atoms with Crippen molar-refractivity contribution in [1.29, 1.82) is 0 Å². The summed E-state index contributed by atoms with van der Waals surface area (Å²) in [5, 5.41) is 0. The fourth-order valence-corrected chi connectivity index (χ4v) is 4.21. The molecule has 1 fully saturated rings. The van der Waals surface area contributed by atoms with Crippen LogP contribution < -0.4 is 4.72 Å². The van der Waals surface area contributed by atoms with Crippen molar-refractivity contribution in [1.82, 2.24) is 4.72 Å². The lowest BCUT2D eigenvalue weighted by Gasteiger charge is -2.34. The van der Waals surface area contributed by atoms with Crippen LogP contribution in [0.15, 0.2) is 29.2 Å². The van der Waals surface area contributed by atoms with E-state index in [1.807, 2.05) is 19.1 Å². The molecule has 0 atom stereocenters. The van der Waals surface area contributed by atoms with Gasteiger partial charge in [0.05, 0.1) is 4.90 Å². The van der Waals surface area contributed by atoms with Crippen LogP contribution in [0.1, 0.15) is 45.1 Å². The summed E-state index contributed by atoms with van der Waals surface area (Å²) in [6, 6.07) is 7.21. The smallest absolute Gasteiger partial charge is 0.208 e. The molecule has 1 aromatic rings. The molecule has 0 saturated heterocycles. The summed E-state index contributed by atoms with van der Waals surface area (Å²) in [6.45, 7) is 6.33. The second-order valence-electron chi connectivity index (χ2n) is 6.33. The molecule has 0 bridgehead atoms. The molecular weight excluding hydrogens is 258 g/mol. The molecule has 1 saturated carbocycles. The number of aryl methyl sites for hydroxylation is 1. The maximum Gasteiger partial charge on any atom is 0.241 e. The van der Waals surface area contributed by atoms with E-state index in [2.05, 4.69) is 18.6 Å². The summed E-state index contributed by atoms with van der Waals surface area (Å²) in [5.41, 5.74) is 1.15. The van der Waals surface area contributed by atoms with Crippen LogP contribution >= 0.6 is 0 Å². The Morgan fingerprint density at radius 1 is 1.16 bits per heavy atom. The van der Waals surface area contributed by atoms with Crippen molar-refractivity contribution < 1.29 is 8.42 Å². The number of hydrogen-bond donors (Lipinski definition) is 1. The van der Waals surface area contributed by atoms with Crippen LogP contribution in [0.4, 0.5) is 0 Å². The van der Waals surface area contributed by atoms with E-state index in [9.17, 15) is 8.42 Å². The second kappa shape index (κ2) is 5.25. The quantitative estimate of drug-likeness (QED) is 0.924. The van der Waals surface area contributed by atoms with Crippen LogP contribution in [0.2, 0.25) is 0 Å². The Balaban J connectivity index is 2.09. The Kier molecular flexibility index (Phi) is 4.02. The lowest BCUT2D eigenvalue weighted by Crippen LogP contribution is -2.39. The van der Waals surface area contributed by atoms with Gasteiger partial charge in [-0.05, 0) is 49.7 Å². The zero-order chi connectivity index (χ0) is 14.1. The van der Waals surface area contributed by atoms with Crippen LogP contribution in [0.25, 0.3) is 0 Å². The molecule has 0 unspecified atom stereocenters. The van der Waals surface area contributed by atoms with Crippen molar-refractivity contribution in [3.63, 3.8) is 0 Å². The van der Waals surface area contributed by atoms with E-state index in [-0.39, 0.29) is 6.04 Å². The van der Waals surface area contributed by atoms with Gasteiger partial charge in [-0.15, -0.1) is 0 Å². The van der Waals surface area contributed by atoms with Gasteiger partial charge in [0.15, 0.2) is 0 Å². The molecule has 106 valence electrons. The van der Waals surface area contributed by atoms with Crippen molar-refractivity contribution in [3.8, 4) is 0 Å². The van der Waals surface area contributed by atoms with Crippen LogP contribution in [0.3, 0.4) is 0 Å². The molecule has 4 heteroatoms. The first-order chi connectivity index (χ1) is 8.80. The number of benzene rings is 1. The predicted molar refractivity (Wildman–Crippen MR) is 77.5 cm³/mol. The molecule has 3 nitrogen and oxygen atoms in total. The first-order valence-corrected chi connectivity index (χ1v) is 8.36. The fraction of sp³-hybridized carbons (Fsp3) is 0.600. The molecule has 0 spiro atoms. The molecule has 19 heavy (non-hydrogen) atoms. The normalized spacial score (nSPS) is 20.4. The van der Waals surface area contributed by atoms with E-state index in [0.29, 0.717) is 10.3 Å². The molecule has 0 amide bonds. The maximum absolute atomic E-state index is 12.4.